The predicted octanol–water partition coefficient (Wildman–Crippen LogP) is 3.79. The molecule has 1 heterocycles. The number of nitro groups is 1. The van der Waals surface area contributed by atoms with Crippen LogP contribution in [0.25, 0.3) is 17.0 Å². The average Bonchev–Trinajstić information content (AvgIpc) is 3.18. The molecule has 0 unspecified atom stereocenters. The van der Waals surface area contributed by atoms with Gasteiger partial charge in [-0.25, -0.2) is 14.4 Å². The summed E-state index contributed by atoms with van der Waals surface area (Å²) >= 11 is 0. The lowest BCUT2D eigenvalue weighted by Crippen LogP contribution is -2.14. The summed E-state index contributed by atoms with van der Waals surface area (Å²) in [5, 5.41) is 11.7. The molecule has 0 saturated carbocycles. The number of carbonyl (C=O) groups excluding carboxylic acids is 3. The van der Waals surface area contributed by atoms with Crippen LogP contribution in [-0.4, -0.2) is 41.2 Å². The Bertz CT molecular complexity index is 1240. The second-order valence-electron chi connectivity index (χ2n) is 6.73. The van der Waals surface area contributed by atoms with E-state index < -0.39 is 28.7 Å². The molecule has 0 aliphatic carbocycles. The number of carbonyl (C=O) groups is 3. The molecule has 0 amide bonds. The van der Waals surface area contributed by atoms with Crippen LogP contribution in [0.2, 0.25) is 0 Å². The smallest absolute Gasteiger partial charge is 0.418 e. The molecular formula is C23H20N2O8. The van der Waals surface area contributed by atoms with Crippen LogP contribution in [0.1, 0.15) is 28.4 Å². The first-order chi connectivity index (χ1) is 15.8. The van der Waals surface area contributed by atoms with Crippen LogP contribution < -0.4 is 0 Å². The van der Waals surface area contributed by atoms with Gasteiger partial charge in [0, 0.05) is 23.2 Å². The second-order valence-corrected chi connectivity index (χ2v) is 6.73. The fourth-order valence-electron chi connectivity index (χ4n) is 3.09. The molecule has 0 radical (unpaired) electrons. The quantitative estimate of drug-likeness (QED) is 0.174. The fourth-order valence-corrected chi connectivity index (χ4v) is 3.09. The zero-order chi connectivity index (χ0) is 24.0. The van der Waals surface area contributed by atoms with Gasteiger partial charge in [0.1, 0.15) is 6.61 Å². The number of rotatable bonds is 7. The highest BCUT2D eigenvalue weighted by Gasteiger charge is 2.25. The number of methoxy groups -OCH3 is 1. The van der Waals surface area contributed by atoms with E-state index in [9.17, 15) is 24.5 Å². The van der Waals surface area contributed by atoms with Gasteiger partial charge >= 0.3 is 23.7 Å². The van der Waals surface area contributed by atoms with Crippen LogP contribution >= 0.6 is 0 Å². The minimum absolute atomic E-state index is 0.00768. The number of fused-ring (bicyclic) bond motifs is 1. The first-order valence-electron chi connectivity index (χ1n) is 9.83. The Labute approximate surface area is 188 Å². The van der Waals surface area contributed by atoms with Crippen LogP contribution in [-0.2, 0) is 25.6 Å². The highest BCUT2D eigenvalue weighted by molar-refractivity contribution is 6.02. The molecule has 0 atom stereocenters. The van der Waals surface area contributed by atoms with E-state index in [4.69, 9.17) is 14.2 Å². The van der Waals surface area contributed by atoms with E-state index in [1.54, 1.807) is 24.3 Å². The number of aromatic nitrogens is 1. The van der Waals surface area contributed by atoms with Gasteiger partial charge in [0.25, 0.3) is 0 Å². The minimum atomic E-state index is -1.13. The summed E-state index contributed by atoms with van der Waals surface area (Å²) < 4.78 is 16.0. The van der Waals surface area contributed by atoms with E-state index in [1.807, 2.05) is 6.07 Å². The number of ether oxygens (including phenoxy) is 3. The summed E-state index contributed by atoms with van der Waals surface area (Å²) in [7, 11) is 1.21. The molecule has 3 aromatic rings. The van der Waals surface area contributed by atoms with Gasteiger partial charge in [0.2, 0.25) is 0 Å². The summed E-state index contributed by atoms with van der Waals surface area (Å²) in [5.74, 6) is -1.76. The summed E-state index contributed by atoms with van der Waals surface area (Å²) in [6, 6.07) is 13.4. The second kappa shape index (κ2) is 10.2. The average molecular weight is 452 g/mol. The number of esters is 2. The summed E-state index contributed by atoms with van der Waals surface area (Å²) in [5.41, 5.74) is 0.574. The van der Waals surface area contributed by atoms with Crippen molar-refractivity contribution in [1.29, 1.82) is 0 Å². The normalized spacial score (nSPS) is 11.2. The lowest BCUT2D eigenvalue weighted by Gasteiger charge is -2.07. The lowest BCUT2D eigenvalue weighted by atomic mass is 10.1. The van der Waals surface area contributed by atoms with Crippen molar-refractivity contribution in [1.82, 2.24) is 4.57 Å². The number of hydrogen-bond acceptors (Lipinski definition) is 8. The third-order valence-corrected chi connectivity index (χ3v) is 4.63. The van der Waals surface area contributed by atoms with Gasteiger partial charge < -0.3 is 14.2 Å². The minimum Gasteiger partial charge on any atom is -0.465 e. The van der Waals surface area contributed by atoms with Crippen molar-refractivity contribution in [2.45, 2.75) is 13.5 Å². The number of hydrogen-bond donors (Lipinski definition) is 0. The van der Waals surface area contributed by atoms with Crippen molar-refractivity contribution in [3.05, 3.63) is 87.2 Å². The predicted molar refractivity (Wildman–Crippen MR) is 117 cm³/mol. The molecule has 0 spiro atoms. The SMILES string of the molecule is CCOC(=O)/C(=C/c1cn(C(=O)OCc2ccccc2)c2ccc(C(=O)OC)cc12)[N+](=O)[O-]. The molecule has 0 N–H and O–H groups in total. The third kappa shape index (κ3) is 5.24. The summed E-state index contributed by atoms with van der Waals surface area (Å²) in [6.45, 7) is 1.48. The Hall–Kier alpha value is -4.47. The zero-order valence-corrected chi connectivity index (χ0v) is 17.8. The fraction of sp³-hybridized carbons (Fsp3) is 0.174. The van der Waals surface area contributed by atoms with E-state index in [0.717, 1.165) is 16.2 Å². The van der Waals surface area contributed by atoms with Gasteiger partial charge in [0.05, 0.1) is 29.7 Å². The van der Waals surface area contributed by atoms with Crippen LogP contribution in [0.5, 0.6) is 0 Å². The molecule has 10 heteroatoms. The van der Waals surface area contributed by atoms with Crippen molar-refractivity contribution in [3.63, 3.8) is 0 Å². The van der Waals surface area contributed by atoms with Crippen molar-refractivity contribution in [2.24, 2.45) is 0 Å². The van der Waals surface area contributed by atoms with Gasteiger partial charge in [-0.15, -0.1) is 0 Å². The lowest BCUT2D eigenvalue weighted by molar-refractivity contribution is -0.419. The molecule has 170 valence electrons. The van der Waals surface area contributed by atoms with Gasteiger partial charge in [0.15, 0.2) is 0 Å². The van der Waals surface area contributed by atoms with E-state index in [1.165, 1.54) is 38.4 Å². The molecule has 3 rings (SSSR count). The summed E-state index contributed by atoms with van der Waals surface area (Å²) in [4.78, 5) is 47.4. The largest absolute Gasteiger partial charge is 0.465 e. The van der Waals surface area contributed by atoms with Gasteiger partial charge in [-0.1, -0.05) is 30.3 Å². The zero-order valence-electron chi connectivity index (χ0n) is 17.8. The van der Waals surface area contributed by atoms with Crippen molar-refractivity contribution >= 4 is 35.0 Å². The van der Waals surface area contributed by atoms with Crippen LogP contribution in [0, 0.1) is 10.1 Å². The molecular weight excluding hydrogens is 432 g/mol. The maximum absolute atomic E-state index is 12.8. The maximum Gasteiger partial charge on any atom is 0.418 e. The van der Waals surface area contributed by atoms with Crippen LogP contribution in [0.3, 0.4) is 0 Å². The van der Waals surface area contributed by atoms with Crippen LogP contribution in [0.15, 0.2) is 60.4 Å². The molecule has 0 aliphatic rings. The van der Waals surface area contributed by atoms with E-state index in [2.05, 4.69) is 0 Å². The van der Waals surface area contributed by atoms with Gasteiger partial charge in [-0.2, -0.15) is 0 Å². The molecule has 0 fully saturated rings. The standard InChI is InChI=1S/C23H20N2O8/c1-3-32-22(27)20(25(29)30)12-17-13-24(23(28)33-14-15-7-5-4-6-8-15)19-10-9-16(11-18(17)19)21(26)31-2/h4-13H,3,14H2,1-2H3/b20-12-. The first-order valence-corrected chi connectivity index (χ1v) is 9.83. The Morgan fingerprint density at radius 3 is 2.45 bits per heavy atom. The highest BCUT2D eigenvalue weighted by atomic mass is 16.6. The topological polar surface area (TPSA) is 127 Å². The van der Waals surface area contributed by atoms with E-state index in [-0.39, 0.29) is 24.3 Å². The Kier molecular flexibility index (Phi) is 7.19. The third-order valence-electron chi connectivity index (χ3n) is 4.63. The highest BCUT2D eigenvalue weighted by Crippen LogP contribution is 2.26. The summed E-state index contributed by atoms with van der Waals surface area (Å²) in [6.07, 6.45) is 1.54. The number of nitrogens with zero attached hydrogens (tertiary/aromatic N) is 2. The van der Waals surface area contributed by atoms with E-state index >= 15 is 0 Å². The maximum atomic E-state index is 12.8. The molecule has 10 nitrogen and oxygen atoms in total. The molecule has 1 aromatic heterocycles. The molecule has 33 heavy (non-hydrogen) atoms. The Balaban J connectivity index is 2.08. The first kappa shape index (κ1) is 23.2. The van der Waals surface area contributed by atoms with E-state index in [0.29, 0.717) is 10.9 Å². The Morgan fingerprint density at radius 1 is 1.09 bits per heavy atom. The van der Waals surface area contributed by atoms with Gasteiger partial charge in [-0.05, 0) is 30.7 Å². The van der Waals surface area contributed by atoms with Crippen LogP contribution in [0.4, 0.5) is 4.79 Å². The van der Waals surface area contributed by atoms with Crippen molar-refractivity contribution in [3.8, 4) is 0 Å². The Morgan fingerprint density at radius 2 is 1.82 bits per heavy atom. The van der Waals surface area contributed by atoms with Crippen molar-refractivity contribution in [2.75, 3.05) is 13.7 Å². The molecule has 0 saturated heterocycles. The molecule has 0 bridgehead atoms. The molecule has 0 aliphatic heterocycles. The molecule has 2 aromatic carbocycles. The van der Waals surface area contributed by atoms with Crippen molar-refractivity contribution < 1.29 is 33.5 Å². The monoisotopic (exact) mass is 452 g/mol. The number of benzene rings is 2. The van der Waals surface area contributed by atoms with Gasteiger partial charge in [-0.3, -0.25) is 14.7 Å².